The number of halogens is 1. The van der Waals surface area contributed by atoms with Gasteiger partial charge in [-0.2, -0.15) is 0 Å². The summed E-state index contributed by atoms with van der Waals surface area (Å²) in [6.07, 6.45) is 0.935. The summed E-state index contributed by atoms with van der Waals surface area (Å²) in [4.78, 5) is 11.2. The number of benzene rings is 1. The lowest BCUT2D eigenvalue weighted by Gasteiger charge is -2.09. The van der Waals surface area contributed by atoms with Crippen molar-refractivity contribution in [2.45, 2.75) is 18.5 Å². The average Bonchev–Trinajstić information content (AvgIpc) is 2.81. The Hall–Kier alpha value is -1.07. The first-order valence-corrected chi connectivity index (χ1v) is 5.48. The molecule has 1 aliphatic rings. The minimum atomic E-state index is -0.431. The predicted octanol–water partition coefficient (Wildman–Crippen LogP) is 1.06. The number of nitrogens with one attached hydrogen (secondary N) is 1. The molecule has 1 aromatic rings. The SMILES string of the molecule is NC(=O)c1ccc(Br)cc1NC1CC1N. The Kier molecular flexibility index (Phi) is 2.67. The standard InChI is InChI=1S/C10H12BrN3O/c11-5-1-2-6(10(13)15)8(3-5)14-9-4-7(9)12/h1-3,7,9,14H,4,12H2,(H2,13,15). The van der Waals surface area contributed by atoms with Gasteiger partial charge in [0, 0.05) is 22.2 Å². The monoisotopic (exact) mass is 269 g/mol. The number of carbonyl (C=O) groups is 1. The molecule has 2 rings (SSSR count). The smallest absolute Gasteiger partial charge is 0.250 e. The third-order valence-electron chi connectivity index (χ3n) is 2.43. The maximum absolute atomic E-state index is 11.2. The average molecular weight is 270 g/mol. The molecule has 2 unspecified atom stereocenters. The normalized spacial score (nSPS) is 23.6. The number of rotatable bonds is 3. The molecule has 5 N–H and O–H groups in total. The fraction of sp³-hybridized carbons (Fsp3) is 0.300. The van der Waals surface area contributed by atoms with E-state index in [0.29, 0.717) is 5.56 Å². The van der Waals surface area contributed by atoms with Crippen molar-refractivity contribution in [1.29, 1.82) is 0 Å². The number of hydrogen-bond acceptors (Lipinski definition) is 3. The van der Waals surface area contributed by atoms with Crippen molar-refractivity contribution < 1.29 is 4.79 Å². The molecule has 0 aliphatic heterocycles. The second-order valence-corrected chi connectivity index (χ2v) is 4.62. The number of carbonyl (C=O) groups excluding carboxylic acids is 1. The molecule has 0 spiro atoms. The molecule has 0 bridgehead atoms. The molecular weight excluding hydrogens is 258 g/mol. The minimum absolute atomic E-state index is 0.185. The molecule has 1 aromatic carbocycles. The van der Waals surface area contributed by atoms with Gasteiger partial charge in [-0.15, -0.1) is 0 Å². The molecule has 0 aromatic heterocycles. The highest BCUT2D eigenvalue weighted by molar-refractivity contribution is 9.10. The Morgan fingerprint density at radius 2 is 2.20 bits per heavy atom. The topological polar surface area (TPSA) is 81.1 Å². The van der Waals surface area contributed by atoms with Gasteiger partial charge >= 0.3 is 0 Å². The lowest BCUT2D eigenvalue weighted by atomic mass is 10.1. The van der Waals surface area contributed by atoms with Crippen LogP contribution in [-0.2, 0) is 0 Å². The fourth-order valence-corrected chi connectivity index (χ4v) is 1.79. The summed E-state index contributed by atoms with van der Waals surface area (Å²) in [5, 5.41) is 3.20. The van der Waals surface area contributed by atoms with E-state index in [1.807, 2.05) is 6.07 Å². The first-order chi connectivity index (χ1) is 7.08. The number of amides is 1. The Bertz CT molecular complexity index is 408. The van der Waals surface area contributed by atoms with Crippen LogP contribution in [0.15, 0.2) is 22.7 Å². The van der Waals surface area contributed by atoms with Crippen LogP contribution in [0.25, 0.3) is 0 Å². The summed E-state index contributed by atoms with van der Waals surface area (Å²) >= 11 is 3.35. The molecule has 0 saturated heterocycles. The Balaban J connectivity index is 2.26. The van der Waals surface area contributed by atoms with E-state index >= 15 is 0 Å². The van der Waals surface area contributed by atoms with Crippen LogP contribution in [0.2, 0.25) is 0 Å². The predicted molar refractivity (Wildman–Crippen MR) is 62.7 cm³/mol. The zero-order valence-electron chi connectivity index (χ0n) is 8.03. The second kappa shape index (κ2) is 3.83. The highest BCUT2D eigenvalue weighted by atomic mass is 79.9. The van der Waals surface area contributed by atoms with Crippen molar-refractivity contribution >= 4 is 27.5 Å². The Labute approximate surface area is 96.1 Å². The summed E-state index contributed by atoms with van der Waals surface area (Å²) < 4.78 is 0.907. The van der Waals surface area contributed by atoms with Gasteiger partial charge in [0.15, 0.2) is 0 Å². The molecule has 0 heterocycles. The molecule has 2 atom stereocenters. The van der Waals surface area contributed by atoms with Gasteiger partial charge in [-0.05, 0) is 24.6 Å². The molecule has 0 radical (unpaired) electrons. The minimum Gasteiger partial charge on any atom is -0.380 e. The highest BCUT2D eigenvalue weighted by Gasteiger charge is 2.33. The first kappa shape index (κ1) is 10.4. The summed E-state index contributed by atoms with van der Waals surface area (Å²) in [6, 6.07) is 5.77. The quantitative estimate of drug-likeness (QED) is 0.768. The van der Waals surface area contributed by atoms with Gasteiger partial charge in [-0.3, -0.25) is 4.79 Å². The van der Waals surface area contributed by atoms with Gasteiger partial charge in [-0.25, -0.2) is 0 Å². The van der Waals surface area contributed by atoms with Crippen LogP contribution in [0.1, 0.15) is 16.8 Å². The van der Waals surface area contributed by atoms with Gasteiger partial charge in [0.2, 0.25) is 0 Å². The van der Waals surface area contributed by atoms with E-state index in [1.165, 1.54) is 0 Å². The molecule has 15 heavy (non-hydrogen) atoms. The number of nitrogens with two attached hydrogens (primary N) is 2. The molecule has 1 aliphatic carbocycles. The molecular formula is C10H12BrN3O. The zero-order chi connectivity index (χ0) is 11.0. The maximum Gasteiger partial charge on any atom is 0.250 e. The van der Waals surface area contributed by atoms with Crippen LogP contribution in [0.3, 0.4) is 0 Å². The van der Waals surface area contributed by atoms with Crippen LogP contribution in [0.4, 0.5) is 5.69 Å². The van der Waals surface area contributed by atoms with Crippen LogP contribution >= 0.6 is 15.9 Å². The van der Waals surface area contributed by atoms with Crippen LogP contribution < -0.4 is 16.8 Å². The van der Waals surface area contributed by atoms with Gasteiger partial charge in [0.05, 0.1) is 5.56 Å². The molecule has 4 nitrogen and oxygen atoms in total. The summed E-state index contributed by atoms with van der Waals surface area (Å²) in [7, 11) is 0. The van der Waals surface area contributed by atoms with Crippen molar-refractivity contribution in [3.05, 3.63) is 28.2 Å². The zero-order valence-corrected chi connectivity index (χ0v) is 9.62. The van der Waals surface area contributed by atoms with Crippen molar-refractivity contribution in [3.63, 3.8) is 0 Å². The number of anilines is 1. The lowest BCUT2D eigenvalue weighted by Crippen LogP contribution is -2.18. The maximum atomic E-state index is 11.2. The molecule has 1 fully saturated rings. The highest BCUT2D eigenvalue weighted by Crippen LogP contribution is 2.28. The van der Waals surface area contributed by atoms with Crippen molar-refractivity contribution in [2.24, 2.45) is 11.5 Å². The number of primary amides is 1. The van der Waals surface area contributed by atoms with E-state index in [1.54, 1.807) is 12.1 Å². The van der Waals surface area contributed by atoms with Gasteiger partial charge < -0.3 is 16.8 Å². The summed E-state index contributed by atoms with van der Waals surface area (Å²) in [5.74, 6) is -0.431. The van der Waals surface area contributed by atoms with E-state index in [0.717, 1.165) is 16.6 Å². The Morgan fingerprint density at radius 1 is 1.53 bits per heavy atom. The van der Waals surface area contributed by atoms with E-state index in [9.17, 15) is 4.79 Å². The van der Waals surface area contributed by atoms with Gasteiger partial charge in [0.25, 0.3) is 5.91 Å². The van der Waals surface area contributed by atoms with E-state index in [-0.39, 0.29) is 12.1 Å². The van der Waals surface area contributed by atoms with Crippen LogP contribution in [0.5, 0.6) is 0 Å². The van der Waals surface area contributed by atoms with Crippen molar-refractivity contribution in [2.75, 3.05) is 5.32 Å². The summed E-state index contributed by atoms with van der Waals surface area (Å²) in [6.45, 7) is 0. The fourth-order valence-electron chi connectivity index (χ4n) is 1.43. The summed E-state index contributed by atoms with van der Waals surface area (Å²) in [5.41, 5.74) is 12.2. The third-order valence-corrected chi connectivity index (χ3v) is 2.92. The number of hydrogen-bond donors (Lipinski definition) is 3. The third kappa shape index (κ3) is 2.30. The van der Waals surface area contributed by atoms with E-state index < -0.39 is 5.91 Å². The van der Waals surface area contributed by atoms with E-state index in [4.69, 9.17) is 11.5 Å². The largest absolute Gasteiger partial charge is 0.380 e. The van der Waals surface area contributed by atoms with Gasteiger partial charge in [0.1, 0.15) is 0 Å². The van der Waals surface area contributed by atoms with Gasteiger partial charge in [-0.1, -0.05) is 15.9 Å². The molecule has 5 heteroatoms. The lowest BCUT2D eigenvalue weighted by molar-refractivity contribution is 0.100. The first-order valence-electron chi connectivity index (χ1n) is 4.69. The molecule has 1 amide bonds. The Morgan fingerprint density at radius 3 is 2.73 bits per heavy atom. The van der Waals surface area contributed by atoms with E-state index in [2.05, 4.69) is 21.2 Å². The van der Waals surface area contributed by atoms with Crippen LogP contribution in [0, 0.1) is 0 Å². The molecule has 1 saturated carbocycles. The van der Waals surface area contributed by atoms with Crippen LogP contribution in [-0.4, -0.2) is 18.0 Å². The van der Waals surface area contributed by atoms with Crippen molar-refractivity contribution in [3.8, 4) is 0 Å². The molecule has 80 valence electrons. The second-order valence-electron chi connectivity index (χ2n) is 3.70. The van der Waals surface area contributed by atoms with Crippen molar-refractivity contribution in [1.82, 2.24) is 0 Å².